The molecule has 0 N–H and O–H groups in total. The fourth-order valence-corrected chi connectivity index (χ4v) is 2.26. The quantitative estimate of drug-likeness (QED) is 0.678. The Kier molecular flexibility index (Phi) is 3.16. The number of methoxy groups -OCH3 is 1. The molecular weight excluding hydrogens is 276 g/mol. The minimum atomic E-state index is -0.398. The van der Waals surface area contributed by atoms with Crippen molar-refractivity contribution in [2.24, 2.45) is 0 Å². The number of fused-ring (bicyclic) bond motifs is 1. The maximum atomic E-state index is 11.7. The second-order valence-electron chi connectivity index (χ2n) is 4.27. The zero-order valence-electron chi connectivity index (χ0n) is 10.7. The van der Waals surface area contributed by atoms with Crippen molar-refractivity contribution in [1.29, 1.82) is 0 Å². The minimum absolute atomic E-state index is 0.398. The van der Waals surface area contributed by atoms with Crippen LogP contribution < -0.4 is 0 Å². The van der Waals surface area contributed by atoms with E-state index in [9.17, 15) is 4.79 Å². The molecule has 20 heavy (non-hydrogen) atoms. The first-order chi connectivity index (χ1) is 9.69. The van der Waals surface area contributed by atoms with Crippen LogP contribution >= 0.6 is 11.6 Å². The van der Waals surface area contributed by atoms with E-state index in [4.69, 9.17) is 16.3 Å². The van der Waals surface area contributed by atoms with Crippen LogP contribution in [-0.2, 0) is 4.74 Å². The van der Waals surface area contributed by atoms with Crippen molar-refractivity contribution in [2.75, 3.05) is 7.11 Å². The van der Waals surface area contributed by atoms with Crippen LogP contribution in [0.25, 0.3) is 16.9 Å². The molecule has 0 amide bonds. The van der Waals surface area contributed by atoms with Gasteiger partial charge < -0.3 is 4.74 Å². The van der Waals surface area contributed by atoms with E-state index in [1.54, 1.807) is 28.8 Å². The van der Waals surface area contributed by atoms with Crippen LogP contribution in [-0.4, -0.2) is 22.5 Å². The van der Waals surface area contributed by atoms with E-state index in [0.29, 0.717) is 16.4 Å². The van der Waals surface area contributed by atoms with Crippen molar-refractivity contribution >= 4 is 23.2 Å². The van der Waals surface area contributed by atoms with Crippen LogP contribution in [0.2, 0.25) is 5.02 Å². The summed E-state index contributed by atoms with van der Waals surface area (Å²) >= 11 is 5.99. The van der Waals surface area contributed by atoms with Crippen molar-refractivity contribution < 1.29 is 9.53 Å². The molecule has 0 bridgehead atoms. The Hall–Kier alpha value is -2.33. The Morgan fingerprint density at radius 1 is 1.25 bits per heavy atom. The molecule has 0 spiro atoms. The lowest BCUT2D eigenvalue weighted by atomic mass is 10.2. The molecule has 0 unspecified atom stereocenters. The predicted molar refractivity (Wildman–Crippen MR) is 77.0 cm³/mol. The van der Waals surface area contributed by atoms with Crippen LogP contribution in [0.1, 0.15) is 10.5 Å². The number of rotatable bonds is 2. The third-order valence-electron chi connectivity index (χ3n) is 3.01. The Morgan fingerprint density at radius 2 is 2.05 bits per heavy atom. The van der Waals surface area contributed by atoms with E-state index in [0.717, 1.165) is 11.3 Å². The molecule has 100 valence electrons. The van der Waals surface area contributed by atoms with Gasteiger partial charge in [0.25, 0.3) is 0 Å². The van der Waals surface area contributed by atoms with E-state index in [2.05, 4.69) is 4.98 Å². The van der Waals surface area contributed by atoms with Gasteiger partial charge in [0.15, 0.2) is 0 Å². The number of imidazole rings is 1. The number of nitrogens with zero attached hydrogens (tertiary/aromatic N) is 2. The molecule has 0 fully saturated rings. The molecule has 2 heterocycles. The lowest BCUT2D eigenvalue weighted by Gasteiger charge is -2.01. The molecule has 0 aliphatic rings. The van der Waals surface area contributed by atoms with Gasteiger partial charge in [-0.05, 0) is 24.3 Å². The third-order valence-corrected chi connectivity index (χ3v) is 3.24. The lowest BCUT2D eigenvalue weighted by Crippen LogP contribution is -2.06. The molecule has 3 aromatic rings. The van der Waals surface area contributed by atoms with Crippen molar-refractivity contribution in [3.05, 3.63) is 59.4 Å². The second-order valence-corrected chi connectivity index (χ2v) is 4.70. The van der Waals surface area contributed by atoms with Crippen LogP contribution in [0.3, 0.4) is 0 Å². The summed E-state index contributed by atoms with van der Waals surface area (Å²) in [5.41, 5.74) is 2.77. The van der Waals surface area contributed by atoms with Gasteiger partial charge in [0.1, 0.15) is 11.3 Å². The molecule has 1 aromatic carbocycles. The first-order valence-corrected chi connectivity index (χ1v) is 6.39. The Bertz CT molecular complexity index is 795. The fourth-order valence-electron chi connectivity index (χ4n) is 2.07. The van der Waals surface area contributed by atoms with E-state index in [-0.39, 0.29) is 0 Å². The Labute approximate surface area is 120 Å². The maximum Gasteiger partial charge on any atom is 0.355 e. The third kappa shape index (κ3) is 2.14. The van der Waals surface area contributed by atoms with Crippen molar-refractivity contribution in [3.8, 4) is 11.3 Å². The molecule has 0 saturated heterocycles. The highest BCUT2D eigenvalue weighted by Crippen LogP contribution is 2.23. The number of carbonyl (C=O) groups is 1. The lowest BCUT2D eigenvalue weighted by molar-refractivity contribution is 0.0592. The van der Waals surface area contributed by atoms with E-state index < -0.39 is 5.97 Å². The van der Waals surface area contributed by atoms with Gasteiger partial charge in [-0.1, -0.05) is 29.8 Å². The van der Waals surface area contributed by atoms with E-state index in [1.165, 1.54) is 7.11 Å². The predicted octanol–water partition coefficient (Wildman–Crippen LogP) is 3.44. The summed E-state index contributed by atoms with van der Waals surface area (Å²) in [5, 5.41) is 0.646. The van der Waals surface area contributed by atoms with Crippen molar-refractivity contribution in [2.45, 2.75) is 0 Å². The largest absolute Gasteiger partial charge is 0.464 e. The first kappa shape index (κ1) is 12.7. The SMILES string of the molecule is COC(=O)c1cccc2nc(-c3cccc(Cl)c3)cn12. The molecule has 0 aliphatic carbocycles. The molecule has 0 saturated carbocycles. The molecule has 5 heteroatoms. The summed E-state index contributed by atoms with van der Waals surface area (Å²) in [6.07, 6.45) is 1.80. The van der Waals surface area contributed by atoms with Gasteiger partial charge in [0.2, 0.25) is 0 Å². The summed E-state index contributed by atoms with van der Waals surface area (Å²) in [5.74, 6) is -0.398. The number of benzene rings is 1. The van der Waals surface area contributed by atoms with Gasteiger partial charge in [-0.2, -0.15) is 0 Å². The molecule has 0 aliphatic heterocycles. The molecule has 2 aromatic heterocycles. The summed E-state index contributed by atoms with van der Waals surface area (Å²) in [4.78, 5) is 16.2. The number of aromatic nitrogens is 2. The van der Waals surface area contributed by atoms with Gasteiger partial charge in [0.05, 0.1) is 12.8 Å². The van der Waals surface area contributed by atoms with Crippen LogP contribution in [0.5, 0.6) is 0 Å². The molecular formula is C15H11ClN2O2. The highest BCUT2D eigenvalue weighted by Gasteiger charge is 2.12. The normalized spacial score (nSPS) is 10.7. The molecule has 0 atom stereocenters. The standard InChI is InChI=1S/C15H11ClN2O2/c1-20-15(19)13-6-3-7-14-17-12(9-18(13)14)10-4-2-5-11(16)8-10/h2-9H,1H3. The summed E-state index contributed by atoms with van der Waals surface area (Å²) in [7, 11) is 1.36. The number of ether oxygens (including phenoxy) is 1. The van der Waals surface area contributed by atoms with Crippen molar-refractivity contribution in [1.82, 2.24) is 9.38 Å². The zero-order valence-corrected chi connectivity index (χ0v) is 11.5. The summed E-state index contributed by atoms with van der Waals surface area (Å²) in [6, 6.07) is 12.7. The average Bonchev–Trinajstić information content (AvgIpc) is 2.90. The number of esters is 1. The minimum Gasteiger partial charge on any atom is -0.464 e. The fraction of sp³-hybridized carbons (Fsp3) is 0.0667. The maximum absolute atomic E-state index is 11.7. The van der Waals surface area contributed by atoms with Crippen molar-refractivity contribution in [3.63, 3.8) is 0 Å². The highest BCUT2D eigenvalue weighted by atomic mass is 35.5. The Morgan fingerprint density at radius 3 is 2.80 bits per heavy atom. The average molecular weight is 287 g/mol. The van der Waals surface area contributed by atoms with Crippen LogP contribution in [0, 0.1) is 0 Å². The summed E-state index contributed by atoms with van der Waals surface area (Å²) in [6.45, 7) is 0. The number of hydrogen-bond donors (Lipinski definition) is 0. The topological polar surface area (TPSA) is 43.6 Å². The Balaban J connectivity index is 2.18. The number of pyridine rings is 1. The van der Waals surface area contributed by atoms with Gasteiger partial charge >= 0.3 is 5.97 Å². The van der Waals surface area contributed by atoms with Gasteiger partial charge in [-0.25, -0.2) is 9.78 Å². The smallest absolute Gasteiger partial charge is 0.355 e. The highest BCUT2D eigenvalue weighted by molar-refractivity contribution is 6.30. The van der Waals surface area contributed by atoms with Gasteiger partial charge in [-0.3, -0.25) is 4.40 Å². The number of hydrogen-bond acceptors (Lipinski definition) is 3. The number of halogens is 1. The van der Waals surface area contributed by atoms with E-state index in [1.807, 2.05) is 24.3 Å². The molecule has 3 rings (SSSR count). The monoisotopic (exact) mass is 286 g/mol. The van der Waals surface area contributed by atoms with Gasteiger partial charge in [0, 0.05) is 16.8 Å². The van der Waals surface area contributed by atoms with Crippen LogP contribution in [0.4, 0.5) is 0 Å². The second kappa shape index (κ2) is 4.98. The van der Waals surface area contributed by atoms with Crippen LogP contribution in [0.15, 0.2) is 48.7 Å². The zero-order chi connectivity index (χ0) is 14.1. The molecule has 4 nitrogen and oxygen atoms in total. The summed E-state index contributed by atoms with van der Waals surface area (Å²) < 4.78 is 6.48. The van der Waals surface area contributed by atoms with Gasteiger partial charge in [-0.15, -0.1) is 0 Å². The molecule has 0 radical (unpaired) electrons. The first-order valence-electron chi connectivity index (χ1n) is 6.01. The number of carbonyl (C=O) groups excluding carboxylic acids is 1. The van der Waals surface area contributed by atoms with E-state index >= 15 is 0 Å².